The van der Waals surface area contributed by atoms with Gasteiger partial charge in [0.25, 0.3) is 0 Å². The number of carbonyl (C=O) groups excluding carboxylic acids is 3. The Morgan fingerprint density at radius 3 is 2.22 bits per heavy atom. The highest BCUT2D eigenvalue weighted by Gasteiger charge is 2.39. The first-order valence-electron chi connectivity index (χ1n) is 18.4. The lowest BCUT2D eigenvalue weighted by molar-refractivity contribution is -0.135. The van der Waals surface area contributed by atoms with Crippen molar-refractivity contribution in [1.82, 2.24) is 35.1 Å². The molecule has 0 radical (unpaired) electrons. The van der Waals surface area contributed by atoms with Crippen LogP contribution in [0, 0.1) is 5.92 Å². The number of hydrogen-bond acceptors (Lipinski definition) is 7. The average Bonchev–Trinajstić information content (AvgIpc) is 3.98. The van der Waals surface area contributed by atoms with E-state index in [1.165, 1.54) is 7.11 Å². The van der Waals surface area contributed by atoms with Gasteiger partial charge in [-0.25, -0.2) is 19.6 Å². The number of aromatic amines is 2. The van der Waals surface area contributed by atoms with Gasteiger partial charge in [0.1, 0.15) is 29.3 Å². The van der Waals surface area contributed by atoms with E-state index < -0.39 is 17.7 Å². The van der Waals surface area contributed by atoms with Crippen LogP contribution in [0.25, 0.3) is 33.6 Å². The molecular weight excluding hydrogens is 683 g/mol. The number of rotatable bonds is 8. The molecule has 280 valence electrons. The van der Waals surface area contributed by atoms with E-state index in [1.54, 1.807) is 4.90 Å². The van der Waals surface area contributed by atoms with Crippen LogP contribution < -0.4 is 5.32 Å². The summed E-state index contributed by atoms with van der Waals surface area (Å²) in [6.07, 6.45) is 4.34. The number of carbonyl (C=O) groups is 3. The van der Waals surface area contributed by atoms with Gasteiger partial charge in [0.15, 0.2) is 0 Å². The normalized spacial score (nSPS) is 17.4. The van der Waals surface area contributed by atoms with Gasteiger partial charge in [-0.2, -0.15) is 0 Å². The molecule has 0 bridgehead atoms. The van der Waals surface area contributed by atoms with Gasteiger partial charge in [0.2, 0.25) is 5.91 Å². The van der Waals surface area contributed by atoms with Crippen LogP contribution in [0.5, 0.6) is 0 Å². The monoisotopic (exact) mass is 729 g/mol. The largest absolute Gasteiger partial charge is 0.453 e. The molecule has 1 fully saturated rings. The van der Waals surface area contributed by atoms with E-state index >= 15 is 0 Å². The lowest BCUT2D eigenvalue weighted by atomic mass is 10.0. The van der Waals surface area contributed by atoms with Crippen LogP contribution in [0.1, 0.15) is 82.3 Å². The summed E-state index contributed by atoms with van der Waals surface area (Å²) >= 11 is 0. The topological polar surface area (TPSA) is 146 Å². The molecule has 3 aromatic carbocycles. The van der Waals surface area contributed by atoms with Crippen molar-refractivity contribution in [2.75, 3.05) is 13.7 Å². The highest BCUT2D eigenvalue weighted by Crippen LogP contribution is 2.39. The highest BCUT2D eigenvalue weighted by atomic mass is 16.6. The number of benzene rings is 3. The Kier molecular flexibility index (Phi) is 10.0. The minimum absolute atomic E-state index is 0.0999. The van der Waals surface area contributed by atoms with Gasteiger partial charge >= 0.3 is 12.2 Å². The van der Waals surface area contributed by atoms with Crippen LogP contribution in [-0.2, 0) is 20.8 Å². The standard InChI is InChI=1S/C42H47N7O5/c1-25(2)35(47-40(51)53-6)39(50)48-21-9-12-34(48)37-43-22-32(45-37)28-17-13-26(14-18-28)27-15-19-29(20-16-27)33-23-44-38(46-33)36-31-11-8-7-10-30(31)24-49(36)41(52)54-42(3,4)5/h7-8,10-11,13-20,22-23,25,34-36H,9,12,21,24H2,1-6H3,(H,43,45)(H,44,46)(H,47,51). The van der Waals surface area contributed by atoms with Gasteiger partial charge in [-0.05, 0) is 67.3 Å². The molecule has 3 N–H and O–H groups in total. The number of likely N-dealkylation sites (tertiary alicyclic amines) is 1. The van der Waals surface area contributed by atoms with E-state index in [9.17, 15) is 14.4 Å². The summed E-state index contributed by atoms with van der Waals surface area (Å²) in [6.45, 7) is 10.5. The van der Waals surface area contributed by atoms with Crippen molar-refractivity contribution in [3.8, 4) is 33.6 Å². The third kappa shape index (κ3) is 7.46. The predicted octanol–water partition coefficient (Wildman–Crippen LogP) is 8.02. The van der Waals surface area contributed by atoms with Crippen molar-refractivity contribution in [1.29, 1.82) is 0 Å². The van der Waals surface area contributed by atoms with Gasteiger partial charge in [0, 0.05) is 18.3 Å². The fraction of sp³-hybridized carbons (Fsp3) is 0.357. The van der Waals surface area contributed by atoms with Crippen molar-refractivity contribution in [2.45, 2.75) is 77.7 Å². The number of hydrogen-bond donors (Lipinski definition) is 3. The van der Waals surface area contributed by atoms with E-state index in [0.717, 1.165) is 63.4 Å². The van der Waals surface area contributed by atoms with Crippen LogP contribution in [-0.4, -0.2) is 73.1 Å². The first-order chi connectivity index (χ1) is 25.9. The van der Waals surface area contributed by atoms with E-state index in [0.29, 0.717) is 18.9 Å². The maximum Gasteiger partial charge on any atom is 0.411 e. The number of alkyl carbamates (subject to hydrolysis) is 1. The van der Waals surface area contributed by atoms with Crippen molar-refractivity contribution < 1.29 is 23.9 Å². The summed E-state index contributed by atoms with van der Waals surface area (Å²) in [4.78, 5) is 58.7. The van der Waals surface area contributed by atoms with Gasteiger partial charge in [0.05, 0.1) is 37.3 Å². The van der Waals surface area contributed by atoms with E-state index in [4.69, 9.17) is 19.4 Å². The summed E-state index contributed by atoms with van der Waals surface area (Å²) in [5.41, 5.74) is 7.22. The van der Waals surface area contributed by atoms with Crippen molar-refractivity contribution in [2.24, 2.45) is 5.92 Å². The number of fused-ring (bicyclic) bond motifs is 1. The summed E-state index contributed by atoms with van der Waals surface area (Å²) in [5.74, 6) is 1.18. The summed E-state index contributed by atoms with van der Waals surface area (Å²) in [5, 5.41) is 2.70. The Morgan fingerprint density at radius 2 is 1.56 bits per heavy atom. The third-order valence-corrected chi connectivity index (χ3v) is 10.0. The second-order valence-electron chi connectivity index (χ2n) is 15.3. The number of ether oxygens (including phenoxy) is 2. The summed E-state index contributed by atoms with van der Waals surface area (Å²) in [6, 6.07) is 23.3. The Balaban J connectivity index is 1.04. The lowest BCUT2D eigenvalue weighted by Gasteiger charge is -2.29. The van der Waals surface area contributed by atoms with Crippen LogP contribution in [0.2, 0.25) is 0 Å². The van der Waals surface area contributed by atoms with Crippen LogP contribution >= 0.6 is 0 Å². The minimum Gasteiger partial charge on any atom is -0.453 e. The fourth-order valence-electron chi connectivity index (χ4n) is 7.32. The second kappa shape index (κ2) is 14.8. The first-order valence-corrected chi connectivity index (χ1v) is 18.4. The van der Waals surface area contributed by atoms with Gasteiger partial charge in [-0.15, -0.1) is 0 Å². The number of amides is 3. The molecule has 2 aliphatic heterocycles. The Bertz CT molecular complexity index is 2130. The molecule has 3 atom stereocenters. The molecule has 1 saturated heterocycles. The Hall–Kier alpha value is -5.91. The molecule has 12 heteroatoms. The minimum atomic E-state index is -0.682. The lowest BCUT2D eigenvalue weighted by Crippen LogP contribution is -2.51. The van der Waals surface area contributed by atoms with Gasteiger partial charge in [-0.3, -0.25) is 9.69 Å². The number of methoxy groups -OCH3 is 1. The van der Waals surface area contributed by atoms with Crippen LogP contribution in [0.4, 0.5) is 9.59 Å². The van der Waals surface area contributed by atoms with E-state index in [1.807, 2.05) is 88.3 Å². The zero-order chi connectivity index (χ0) is 38.1. The summed E-state index contributed by atoms with van der Waals surface area (Å²) < 4.78 is 10.5. The molecule has 0 spiro atoms. The van der Waals surface area contributed by atoms with Crippen molar-refractivity contribution in [3.63, 3.8) is 0 Å². The molecule has 54 heavy (non-hydrogen) atoms. The molecule has 3 amide bonds. The molecule has 5 aromatic rings. The highest BCUT2D eigenvalue weighted by molar-refractivity contribution is 5.86. The fourth-order valence-corrected chi connectivity index (χ4v) is 7.32. The van der Waals surface area contributed by atoms with Crippen LogP contribution in [0.3, 0.4) is 0 Å². The molecule has 2 aromatic heterocycles. The van der Waals surface area contributed by atoms with E-state index in [-0.39, 0.29) is 30.0 Å². The molecule has 3 unspecified atom stereocenters. The number of nitrogens with one attached hydrogen (secondary N) is 3. The Morgan fingerprint density at radius 1 is 0.889 bits per heavy atom. The van der Waals surface area contributed by atoms with Crippen LogP contribution in [0.15, 0.2) is 85.2 Å². The number of imidazole rings is 2. The zero-order valence-corrected chi connectivity index (χ0v) is 31.6. The smallest absolute Gasteiger partial charge is 0.411 e. The van der Waals surface area contributed by atoms with Gasteiger partial charge in [-0.1, -0.05) is 86.6 Å². The molecule has 12 nitrogen and oxygen atoms in total. The predicted molar refractivity (Wildman–Crippen MR) is 205 cm³/mol. The SMILES string of the molecule is COC(=O)NC(C(=O)N1CCCC1c1nc(-c2ccc(-c3ccc(-c4cnc(C5c6ccccc6CN5C(=O)OC(C)(C)C)[nH]4)cc3)cc2)c[nH]1)C(C)C. The maximum absolute atomic E-state index is 13.5. The number of H-pyrrole nitrogens is 2. The van der Waals surface area contributed by atoms with Crippen molar-refractivity contribution in [3.05, 3.63) is 108 Å². The molecule has 7 rings (SSSR count). The third-order valence-electron chi connectivity index (χ3n) is 10.0. The van der Waals surface area contributed by atoms with Crippen molar-refractivity contribution >= 4 is 18.1 Å². The van der Waals surface area contributed by atoms with E-state index in [2.05, 4.69) is 51.7 Å². The quantitative estimate of drug-likeness (QED) is 0.147. The first kappa shape index (κ1) is 36.4. The molecule has 2 aliphatic rings. The Labute approximate surface area is 315 Å². The number of aromatic nitrogens is 4. The molecule has 4 heterocycles. The molecular formula is C42H47N7O5. The second-order valence-corrected chi connectivity index (χ2v) is 15.3. The zero-order valence-electron chi connectivity index (χ0n) is 31.6. The molecule has 0 saturated carbocycles. The number of nitrogens with zero attached hydrogens (tertiary/aromatic N) is 4. The molecule has 0 aliphatic carbocycles. The average molecular weight is 730 g/mol. The van der Waals surface area contributed by atoms with Gasteiger partial charge < -0.3 is 29.7 Å². The summed E-state index contributed by atoms with van der Waals surface area (Å²) in [7, 11) is 1.29. The maximum atomic E-state index is 13.5.